The molecule has 0 aliphatic rings. The molecule has 0 saturated heterocycles. The lowest BCUT2D eigenvalue weighted by Crippen LogP contribution is -2.15. The highest BCUT2D eigenvalue weighted by atomic mass is 35.5. The second-order valence-corrected chi connectivity index (χ2v) is 5.03. The number of nitrogens with two attached hydrogens (primary N) is 1. The van der Waals surface area contributed by atoms with Crippen molar-refractivity contribution in [1.29, 1.82) is 0 Å². The Labute approximate surface area is 136 Å². The molecule has 0 bridgehead atoms. The molecule has 0 atom stereocenters. The predicted octanol–water partition coefficient (Wildman–Crippen LogP) is 3.03. The average Bonchev–Trinajstić information content (AvgIpc) is 2.54. The number of carbonyl (C=O) groups is 1. The first-order valence-corrected chi connectivity index (χ1v) is 6.82. The Morgan fingerprint density at radius 1 is 1.26 bits per heavy atom. The largest absolute Gasteiger partial charge is 0.380 e. The van der Waals surface area contributed by atoms with Crippen molar-refractivity contribution in [2.45, 2.75) is 6.92 Å². The van der Waals surface area contributed by atoms with Gasteiger partial charge in [-0.2, -0.15) is 0 Å². The van der Waals surface area contributed by atoms with E-state index >= 15 is 0 Å². The molecule has 2 aromatic rings. The number of nitro groups is 1. The first kappa shape index (κ1) is 16.4. The zero-order chi connectivity index (χ0) is 17.0. The van der Waals surface area contributed by atoms with Gasteiger partial charge in [0.25, 0.3) is 5.69 Å². The topological polar surface area (TPSA) is 108 Å². The fourth-order valence-corrected chi connectivity index (χ4v) is 1.88. The van der Waals surface area contributed by atoms with E-state index < -0.39 is 10.9 Å². The highest BCUT2D eigenvalue weighted by molar-refractivity contribution is 6.31. The van der Waals surface area contributed by atoms with Crippen molar-refractivity contribution < 1.29 is 14.6 Å². The van der Waals surface area contributed by atoms with Gasteiger partial charge in [-0.1, -0.05) is 35.0 Å². The number of non-ortho nitro benzene ring substituents is 1. The minimum atomic E-state index is -0.736. The minimum Gasteiger partial charge on any atom is -0.380 e. The van der Waals surface area contributed by atoms with Crippen LogP contribution in [0, 0.1) is 17.0 Å². The van der Waals surface area contributed by atoms with Crippen molar-refractivity contribution in [2.75, 3.05) is 0 Å². The second kappa shape index (κ2) is 6.89. The summed E-state index contributed by atoms with van der Waals surface area (Å²) in [6.07, 6.45) is 0. The zero-order valence-corrected chi connectivity index (χ0v) is 12.8. The summed E-state index contributed by atoms with van der Waals surface area (Å²) < 4.78 is 0. The summed E-state index contributed by atoms with van der Waals surface area (Å²) >= 11 is 5.93. The molecule has 0 unspecified atom stereocenters. The quantitative estimate of drug-likeness (QED) is 0.304. The van der Waals surface area contributed by atoms with Crippen molar-refractivity contribution >= 4 is 29.1 Å². The summed E-state index contributed by atoms with van der Waals surface area (Å²) in [5.41, 5.74) is 6.84. The van der Waals surface area contributed by atoms with Gasteiger partial charge in [0.1, 0.15) is 0 Å². The molecule has 0 saturated carbocycles. The molecule has 2 aromatic carbocycles. The maximum atomic E-state index is 11.9. The van der Waals surface area contributed by atoms with E-state index in [9.17, 15) is 14.9 Å². The van der Waals surface area contributed by atoms with Gasteiger partial charge >= 0.3 is 5.97 Å². The molecule has 23 heavy (non-hydrogen) atoms. The van der Waals surface area contributed by atoms with Gasteiger partial charge in [-0.3, -0.25) is 10.1 Å². The third-order valence-electron chi connectivity index (χ3n) is 2.99. The van der Waals surface area contributed by atoms with Gasteiger partial charge in [0.15, 0.2) is 5.84 Å². The lowest BCUT2D eigenvalue weighted by Gasteiger charge is -2.03. The molecule has 0 aromatic heterocycles. The Morgan fingerprint density at radius 2 is 2.00 bits per heavy atom. The van der Waals surface area contributed by atoms with Gasteiger partial charge in [0.2, 0.25) is 0 Å². The number of oxime groups is 1. The number of hydrogen-bond acceptors (Lipinski definition) is 5. The molecule has 0 aliphatic heterocycles. The summed E-state index contributed by atoms with van der Waals surface area (Å²) in [5.74, 6) is -0.888. The zero-order valence-electron chi connectivity index (χ0n) is 12.0. The molecule has 0 fully saturated rings. The van der Waals surface area contributed by atoms with Crippen LogP contribution in [0.3, 0.4) is 0 Å². The second-order valence-electron chi connectivity index (χ2n) is 4.63. The fraction of sp³-hybridized carbons (Fsp3) is 0.0667. The van der Waals surface area contributed by atoms with Crippen molar-refractivity contribution in [3.63, 3.8) is 0 Å². The van der Waals surface area contributed by atoms with Crippen LogP contribution in [0.5, 0.6) is 0 Å². The smallest absolute Gasteiger partial charge is 0.365 e. The third kappa shape index (κ3) is 4.04. The monoisotopic (exact) mass is 333 g/mol. The molecule has 7 nitrogen and oxygen atoms in total. The summed E-state index contributed by atoms with van der Waals surface area (Å²) in [6, 6.07) is 10.2. The van der Waals surface area contributed by atoms with E-state index in [0.717, 1.165) is 5.56 Å². The van der Waals surface area contributed by atoms with Gasteiger partial charge in [0, 0.05) is 22.7 Å². The molecule has 0 spiro atoms. The highest BCUT2D eigenvalue weighted by Crippen LogP contribution is 2.17. The van der Waals surface area contributed by atoms with Crippen LogP contribution in [-0.2, 0) is 4.84 Å². The van der Waals surface area contributed by atoms with Crippen LogP contribution in [0.2, 0.25) is 5.02 Å². The predicted molar refractivity (Wildman–Crippen MR) is 85.4 cm³/mol. The number of carbonyl (C=O) groups excluding carboxylic acids is 1. The van der Waals surface area contributed by atoms with Gasteiger partial charge in [-0.05, 0) is 24.6 Å². The summed E-state index contributed by atoms with van der Waals surface area (Å²) in [7, 11) is 0. The van der Waals surface area contributed by atoms with Crippen LogP contribution in [0.4, 0.5) is 5.69 Å². The van der Waals surface area contributed by atoms with Crippen molar-refractivity contribution in [3.8, 4) is 0 Å². The fourth-order valence-electron chi connectivity index (χ4n) is 1.69. The van der Waals surface area contributed by atoms with E-state index in [1.165, 1.54) is 30.3 Å². The number of hydrogen-bond donors (Lipinski definition) is 1. The first-order valence-electron chi connectivity index (χ1n) is 6.44. The molecule has 118 valence electrons. The Morgan fingerprint density at radius 3 is 2.65 bits per heavy atom. The number of amidine groups is 1. The Bertz CT molecular complexity index is 805. The number of benzene rings is 2. The minimum absolute atomic E-state index is 0.141. The molecule has 0 aliphatic carbocycles. The lowest BCUT2D eigenvalue weighted by molar-refractivity contribution is -0.384. The number of nitro benzene ring substituents is 1. The van der Waals surface area contributed by atoms with Crippen LogP contribution in [0.1, 0.15) is 21.5 Å². The maximum Gasteiger partial charge on any atom is 0.365 e. The normalized spacial score (nSPS) is 11.1. The van der Waals surface area contributed by atoms with E-state index in [-0.39, 0.29) is 22.6 Å². The Hall–Kier alpha value is -2.93. The highest BCUT2D eigenvalue weighted by Gasteiger charge is 2.11. The SMILES string of the molecule is Cc1ccc(C(=O)O/N=C(\N)c2cccc([N+](=O)[O-])c2)cc1Cl. The van der Waals surface area contributed by atoms with Crippen molar-refractivity contribution in [3.05, 3.63) is 74.3 Å². The van der Waals surface area contributed by atoms with E-state index in [1.54, 1.807) is 19.1 Å². The number of aryl methyl sites for hydroxylation is 1. The van der Waals surface area contributed by atoms with Gasteiger partial charge < -0.3 is 10.6 Å². The van der Waals surface area contributed by atoms with Gasteiger partial charge in [0.05, 0.1) is 10.5 Å². The number of halogens is 1. The molecule has 2 N–H and O–H groups in total. The summed E-state index contributed by atoms with van der Waals surface area (Å²) in [6.45, 7) is 1.80. The molecule has 0 heterocycles. The summed E-state index contributed by atoms with van der Waals surface area (Å²) in [5, 5.41) is 14.6. The molecular weight excluding hydrogens is 322 g/mol. The van der Waals surface area contributed by atoms with E-state index in [2.05, 4.69) is 5.16 Å². The number of rotatable bonds is 4. The maximum absolute atomic E-state index is 11.9. The van der Waals surface area contributed by atoms with Crippen LogP contribution in [0.15, 0.2) is 47.6 Å². The van der Waals surface area contributed by atoms with Crippen molar-refractivity contribution in [1.82, 2.24) is 0 Å². The average molecular weight is 334 g/mol. The van der Waals surface area contributed by atoms with Crippen molar-refractivity contribution in [2.24, 2.45) is 10.9 Å². The molecular formula is C15H12ClN3O4. The third-order valence-corrected chi connectivity index (χ3v) is 3.39. The molecule has 0 amide bonds. The first-order chi connectivity index (χ1) is 10.9. The summed E-state index contributed by atoms with van der Waals surface area (Å²) in [4.78, 5) is 26.8. The van der Waals surface area contributed by atoms with E-state index in [1.807, 2.05) is 0 Å². The van der Waals surface area contributed by atoms with Gasteiger partial charge in [-0.25, -0.2) is 4.79 Å². The van der Waals surface area contributed by atoms with E-state index in [0.29, 0.717) is 5.02 Å². The molecule has 0 radical (unpaired) electrons. The van der Waals surface area contributed by atoms with Crippen LogP contribution in [0.25, 0.3) is 0 Å². The Balaban J connectivity index is 2.15. The van der Waals surface area contributed by atoms with Crippen LogP contribution >= 0.6 is 11.6 Å². The van der Waals surface area contributed by atoms with Crippen LogP contribution in [-0.4, -0.2) is 16.7 Å². The lowest BCUT2D eigenvalue weighted by atomic mass is 10.1. The Kier molecular flexibility index (Phi) is 4.92. The van der Waals surface area contributed by atoms with Crippen LogP contribution < -0.4 is 5.73 Å². The van der Waals surface area contributed by atoms with E-state index in [4.69, 9.17) is 22.2 Å². The van der Waals surface area contributed by atoms with Gasteiger partial charge in [-0.15, -0.1) is 0 Å². The standard InChI is InChI=1S/C15H12ClN3O4/c1-9-5-6-11(8-13(9)16)15(20)23-18-14(17)10-3-2-4-12(7-10)19(21)22/h2-8H,1H3,(H2,17,18). The molecule has 2 rings (SSSR count). The molecule has 8 heteroatoms. The number of nitrogens with zero attached hydrogens (tertiary/aromatic N) is 2.